The molecule has 0 aliphatic carbocycles. The Labute approximate surface area is 157 Å². The van der Waals surface area contributed by atoms with Crippen molar-refractivity contribution in [1.29, 1.82) is 0 Å². The summed E-state index contributed by atoms with van der Waals surface area (Å²) in [7, 11) is 0. The molecule has 9 heteroatoms. The van der Waals surface area contributed by atoms with Gasteiger partial charge in [0.15, 0.2) is 5.82 Å². The number of halogens is 1. The summed E-state index contributed by atoms with van der Waals surface area (Å²) in [5, 5.41) is 8.71. The molecule has 8 nitrogen and oxygen atoms in total. The van der Waals surface area contributed by atoms with Crippen molar-refractivity contribution in [3.05, 3.63) is 23.3 Å². The van der Waals surface area contributed by atoms with Gasteiger partial charge in [-0.2, -0.15) is 4.98 Å². The standard InChI is InChI=1S/C17H23ClN6O2/c1-10(2)6-14-21-22-16(26-14)11(3)24-8-12-9-25-5-4-23(12)15-13(24)7-19-17(18)20-15/h7,10-12H,4-6,8-9H2,1-3H3. The molecule has 0 aromatic carbocycles. The third kappa shape index (κ3) is 3.23. The van der Waals surface area contributed by atoms with Crippen molar-refractivity contribution in [2.75, 3.05) is 36.1 Å². The Morgan fingerprint density at radius 1 is 1.31 bits per heavy atom. The molecule has 26 heavy (non-hydrogen) atoms. The van der Waals surface area contributed by atoms with Gasteiger partial charge < -0.3 is 19.0 Å². The van der Waals surface area contributed by atoms with Gasteiger partial charge in [0, 0.05) is 19.5 Å². The fraction of sp³-hybridized carbons (Fsp3) is 0.647. The second-order valence-corrected chi connectivity index (χ2v) is 7.57. The number of hydrogen-bond acceptors (Lipinski definition) is 8. The maximum absolute atomic E-state index is 6.06. The summed E-state index contributed by atoms with van der Waals surface area (Å²) in [6, 6.07) is 0.124. The first kappa shape index (κ1) is 17.5. The highest BCUT2D eigenvalue weighted by Crippen LogP contribution is 2.39. The average Bonchev–Trinajstić information content (AvgIpc) is 3.08. The molecule has 0 spiro atoms. The van der Waals surface area contributed by atoms with Gasteiger partial charge in [-0.3, -0.25) is 0 Å². The van der Waals surface area contributed by atoms with E-state index < -0.39 is 0 Å². The lowest BCUT2D eigenvalue weighted by atomic mass is 10.1. The zero-order valence-corrected chi connectivity index (χ0v) is 16.0. The zero-order valence-electron chi connectivity index (χ0n) is 15.2. The monoisotopic (exact) mass is 378 g/mol. The Hall–Kier alpha value is -1.93. The van der Waals surface area contributed by atoms with E-state index in [2.05, 4.69) is 50.7 Å². The van der Waals surface area contributed by atoms with Crippen molar-refractivity contribution in [2.24, 2.45) is 5.92 Å². The van der Waals surface area contributed by atoms with Crippen LogP contribution in [0.25, 0.3) is 0 Å². The van der Waals surface area contributed by atoms with E-state index in [0.717, 1.165) is 31.0 Å². The van der Waals surface area contributed by atoms with Crippen LogP contribution in [0.15, 0.2) is 10.6 Å². The second kappa shape index (κ2) is 7.00. The molecule has 2 aliphatic heterocycles. The van der Waals surface area contributed by atoms with Gasteiger partial charge in [-0.05, 0) is 24.4 Å². The maximum Gasteiger partial charge on any atom is 0.238 e. The van der Waals surface area contributed by atoms with Crippen molar-refractivity contribution < 1.29 is 9.15 Å². The first-order chi connectivity index (χ1) is 12.5. The second-order valence-electron chi connectivity index (χ2n) is 7.23. The number of ether oxygens (including phenoxy) is 1. The normalized spacial score (nSPS) is 20.9. The van der Waals surface area contributed by atoms with Crippen molar-refractivity contribution in [2.45, 2.75) is 39.3 Å². The van der Waals surface area contributed by atoms with Crippen LogP contribution in [0.1, 0.15) is 38.6 Å². The molecule has 0 radical (unpaired) electrons. The van der Waals surface area contributed by atoms with Gasteiger partial charge in [-0.25, -0.2) is 4.98 Å². The molecule has 0 bridgehead atoms. The van der Waals surface area contributed by atoms with Crippen molar-refractivity contribution >= 4 is 23.1 Å². The molecule has 0 amide bonds. The summed E-state index contributed by atoms with van der Waals surface area (Å²) < 4.78 is 11.6. The molecular weight excluding hydrogens is 356 g/mol. The molecule has 2 aliphatic rings. The van der Waals surface area contributed by atoms with Crippen molar-refractivity contribution in [3.63, 3.8) is 0 Å². The lowest BCUT2D eigenvalue weighted by Gasteiger charge is -2.46. The number of hydrogen-bond donors (Lipinski definition) is 0. The van der Waals surface area contributed by atoms with Crippen LogP contribution in [-0.4, -0.2) is 52.5 Å². The first-order valence-electron chi connectivity index (χ1n) is 8.98. The largest absolute Gasteiger partial charge is 0.423 e. The van der Waals surface area contributed by atoms with E-state index in [1.54, 1.807) is 6.20 Å². The van der Waals surface area contributed by atoms with Gasteiger partial charge in [0.1, 0.15) is 6.04 Å². The van der Waals surface area contributed by atoms with E-state index in [-0.39, 0.29) is 17.4 Å². The Morgan fingerprint density at radius 3 is 2.96 bits per heavy atom. The van der Waals surface area contributed by atoms with E-state index in [1.807, 2.05) is 0 Å². The highest BCUT2D eigenvalue weighted by Gasteiger charge is 2.37. The van der Waals surface area contributed by atoms with Gasteiger partial charge in [-0.1, -0.05) is 13.8 Å². The summed E-state index contributed by atoms with van der Waals surface area (Å²) in [6.07, 6.45) is 2.55. The molecule has 2 atom stereocenters. The molecule has 2 aromatic rings. The highest BCUT2D eigenvalue weighted by atomic mass is 35.5. The van der Waals surface area contributed by atoms with Crippen LogP contribution < -0.4 is 9.80 Å². The maximum atomic E-state index is 6.06. The Kier molecular flexibility index (Phi) is 4.71. The van der Waals surface area contributed by atoms with Crippen molar-refractivity contribution in [3.8, 4) is 0 Å². The van der Waals surface area contributed by atoms with Crippen LogP contribution in [-0.2, 0) is 11.2 Å². The third-order valence-corrected chi connectivity index (χ3v) is 5.01. The number of nitrogens with zero attached hydrogens (tertiary/aromatic N) is 6. The van der Waals surface area contributed by atoms with Crippen LogP contribution in [0.5, 0.6) is 0 Å². The highest BCUT2D eigenvalue weighted by molar-refractivity contribution is 6.28. The number of morpholine rings is 1. The number of anilines is 2. The van der Waals surface area contributed by atoms with E-state index in [4.69, 9.17) is 20.8 Å². The molecule has 1 fully saturated rings. The SMILES string of the molecule is CC(C)Cc1nnc(C(C)N2CC3COCCN3c3nc(Cl)ncc32)o1. The molecule has 4 rings (SSSR count). The fourth-order valence-electron chi connectivity index (χ4n) is 3.54. The number of aromatic nitrogens is 4. The summed E-state index contributed by atoms with van der Waals surface area (Å²) >= 11 is 6.06. The topological polar surface area (TPSA) is 80.4 Å². The van der Waals surface area contributed by atoms with Crippen LogP contribution >= 0.6 is 11.6 Å². The summed E-state index contributed by atoms with van der Waals surface area (Å²) in [5.74, 6) is 2.59. The minimum absolute atomic E-state index is 0.0870. The summed E-state index contributed by atoms with van der Waals surface area (Å²) in [5.41, 5.74) is 0.934. The van der Waals surface area contributed by atoms with Gasteiger partial charge in [0.2, 0.25) is 17.1 Å². The zero-order chi connectivity index (χ0) is 18.3. The van der Waals surface area contributed by atoms with Crippen LogP contribution in [0.4, 0.5) is 11.5 Å². The Balaban J connectivity index is 1.66. The average molecular weight is 379 g/mol. The van der Waals surface area contributed by atoms with Crippen LogP contribution in [0.3, 0.4) is 0 Å². The minimum atomic E-state index is -0.0870. The molecule has 4 heterocycles. The smallest absolute Gasteiger partial charge is 0.238 e. The fourth-order valence-corrected chi connectivity index (χ4v) is 3.67. The minimum Gasteiger partial charge on any atom is -0.423 e. The third-order valence-electron chi connectivity index (χ3n) is 4.83. The number of rotatable bonds is 4. The summed E-state index contributed by atoms with van der Waals surface area (Å²) in [4.78, 5) is 13.1. The molecule has 140 valence electrons. The van der Waals surface area contributed by atoms with E-state index in [9.17, 15) is 0 Å². The van der Waals surface area contributed by atoms with Crippen LogP contribution in [0.2, 0.25) is 5.28 Å². The van der Waals surface area contributed by atoms with E-state index in [1.165, 1.54) is 0 Å². The lowest BCUT2D eigenvalue weighted by molar-refractivity contribution is 0.0928. The van der Waals surface area contributed by atoms with Gasteiger partial charge >= 0.3 is 0 Å². The lowest BCUT2D eigenvalue weighted by Crippen LogP contribution is -2.56. The molecule has 0 saturated carbocycles. The molecule has 2 aromatic heterocycles. The van der Waals surface area contributed by atoms with Gasteiger partial charge in [0.25, 0.3) is 0 Å². The van der Waals surface area contributed by atoms with Crippen LogP contribution in [0, 0.1) is 5.92 Å². The number of fused-ring (bicyclic) bond motifs is 3. The van der Waals surface area contributed by atoms with Gasteiger partial charge in [0.05, 0.1) is 31.1 Å². The van der Waals surface area contributed by atoms with E-state index >= 15 is 0 Å². The summed E-state index contributed by atoms with van der Waals surface area (Å²) in [6.45, 7) is 9.25. The van der Waals surface area contributed by atoms with E-state index in [0.29, 0.717) is 30.9 Å². The Bertz CT molecular complexity index is 782. The Morgan fingerprint density at radius 2 is 2.15 bits per heavy atom. The van der Waals surface area contributed by atoms with Gasteiger partial charge in [-0.15, -0.1) is 10.2 Å². The molecule has 2 unspecified atom stereocenters. The van der Waals surface area contributed by atoms with Crippen molar-refractivity contribution in [1.82, 2.24) is 20.2 Å². The first-order valence-corrected chi connectivity index (χ1v) is 9.36. The quantitative estimate of drug-likeness (QED) is 0.751. The molecular formula is C17H23ClN6O2. The predicted molar refractivity (Wildman–Crippen MR) is 97.6 cm³/mol. The molecule has 1 saturated heterocycles. The molecule has 0 N–H and O–H groups in total. The predicted octanol–water partition coefficient (Wildman–Crippen LogP) is 2.50.